The largest absolute Gasteiger partial charge is 0.501 e. The van der Waals surface area contributed by atoms with E-state index < -0.39 is 8.80 Å². The van der Waals surface area contributed by atoms with Gasteiger partial charge in [-0.05, 0) is 27.2 Å². The van der Waals surface area contributed by atoms with Gasteiger partial charge in [-0.2, -0.15) is 0 Å². The highest BCUT2D eigenvalue weighted by Crippen LogP contribution is 2.18. The van der Waals surface area contributed by atoms with Gasteiger partial charge in [0, 0.05) is 39.6 Å². The zero-order chi connectivity index (χ0) is 15.8. The SMILES string of the molecule is CCO[Si](CCCOCCOCCOC)(OCC)OCC. The average molecular weight is 324 g/mol. The minimum atomic E-state index is -2.51. The Bertz CT molecular complexity index is 201. The van der Waals surface area contributed by atoms with Crippen LogP contribution in [-0.4, -0.2) is 68.8 Å². The third-order valence-corrected chi connectivity index (χ3v) is 5.82. The lowest BCUT2D eigenvalue weighted by molar-refractivity contribution is 0.0229. The minimum Gasteiger partial charge on any atom is -0.382 e. The van der Waals surface area contributed by atoms with Gasteiger partial charge in [-0.3, -0.25) is 0 Å². The van der Waals surface area contributed by atoms with Gasteiger partial charge < -0.3 is 27.5 Å². The van der Waals surface area contributed by atoms with Crippen molar-refractivity contribution in [3.8, 4) is 0 Å². The fraction of sp³-hybridized carbons (Fsp3) is 1.00. The molecule has 0 saturated heterocycles. The van der Waals surface area contributed by atoms with Gasteiger partial charge in [0.2, 0.25) is 0 Å². The van der Waals surface area contributed by atoms with E-state index in [2.05, 4.69) is 0 Å². The molecule has 0 aliphatic rings. The van der Waals surface area contributed by atoms with Gasteiger partial charge in [0.15, 0.2) is 0 Å². The molecule has 0 aromatic carbocycles. The van der Waals surface area contributed by atoms with Gasteiger partial charge in [-0.25, -0.2) is 0 Å². The molecule has 0 unspecified atom stereocenters. The predicted molar refractivity (Wildman–Crippen MR) is 83.6 cm³/mol. The first-order valence-electron chi connectivity index (χ1n) is 7.80. The van der Waals surface area contributed by atoms with E-state index in [1.165, 1.54) is 0 Å². The lowest BCUT2D eigenvalue weighted by atomic mass is 10.5. The molecule has 7 heteroatoms. The number of ether oxygens (including phenoxy) is 3. The van der Waals surface area contributed by atoms with Gasteiger partial charge in [-0.1, -0.05) is 0 Å². The van der Waals surface area contributed by atoms with Crippen molar-refractivity contribution in [2.24, 2.45) is 0 Å². The van der Waals surface area contributed by atoms with E-state index in [4.69, 9.17) is 27.5 Å². The molecule has 0 rings (SSSR count). The summed E-state index contributed by atoms with van der Waals surface area (Å²) in [5, 5.41) is 0. The Morgan fingerprint density at radius 1 is 0.667 bits per heavy atom. The van der Waals surface area contributed by atoms with Gasteiger partial charge in [0.05, 0.1) is 26.4 Å². The summed E-state index contributed by atoms with van der Waals surface area (Å²) in [5.74, 6) is 0. The number of methoxy groups -OCH3 is 1. The van der Waals surface area contributed by atoms with E-state index in [9.17, 15) is 0 Å². The highest BCUT2D eigenvalue weighted by Gasteiger charge is 2.39. The van der Waals surface area contributed by atoms with Crippen LogP contribution in [0.2, 0.25) is 6.04 Å². The van der Waals surface area contributed by atoms with Crippen molar-refractivity contribution < 1.29 is 27.5 Å². The first kappa shape index (κ1) is 21.0. The second-order valence-electron chi connectivity index (χ2n) is 4.30. The van der Waals surface area contributed by atoms with Crippen molar-refractivity contribution in [3.05, 3.63) is 0 Å². The van der Waals surface area contributed by atoms with Crippen LogP contribution in [0.15, 0.2) is 0 Å². The molecule has 0 aliphatic carbocycles. The fourth-order valence-electron chi connectivity index (χ4n) is 1.86. The molecule has 0 amide bonds. The molecular formula is C14H32O6Si. The topological polar surface area (TPSA) is 55.4 Å². The first-order chi connectivity index (χ1) is 10.2. The average Bonchev–Trinajstić information content (AvgIpc) is 2.46. The molecule has 0 N–H and O–H groups in total. The van der Waals surface area contributed by atoms with Crippen molar-refractivity contribution >= 4 is 8.80 Å². The van der Waals surface area contributed by atoms with Crippen LogP contribution in [0.4, 0.5) is 0 Å². The lowest BCUT2D eigenvalue weighted by Gasteiger charge is -2.28. The van der Waals surface area contributed by atoms with E-state index in [0.717, 1.165) is 12.5 Å². The number of hydrogen-bond donors (Lipinski definition) is 0. The molecule has 0 atom stereocenters. The molecule has 21 heavy (non-hydrogen) atoms. The van der Waals surface area contributed by atoms with Gasteiger partial charge >= 0.3 is 8.80 Å². The molecule has 0 saturated carbocycles. The van der Waals surface area contributed by atoms with Crippen LogP contribution in [-0.2, 0) is 27.5 Å². The van der Waals surface area contributed by atoms with Crippen LogP contribution < -0.4 is 0 Å². The monoisotopic (exact) mass is 324 g/mol. The summed E-state index contributed by atoms with van der Waals surface area (Å²) in [6.07, 6.45) is 0.865. The van der Waals surface area contributed by atoms with Crippen molar-refractivity contribution in [1.82, 2.24) is 0 Å². The third-order valence-electron chi connectivity index (χ3n) is 2.67. The molecule has 0 bridgehead atoms. The lowest BCUT2D eigenvalue weighted by Crippen LogP contribution is -2.46. The van der Waals surface area contributed by atoms with E-state index in [1.807, 2.05) is 20.8 Å². The Hall–Kier alpha value is -0.0231. The van der Waals surface area contributed by atoms with Crippen LogP contribution in [0.1, 0.15) is 27.2 Å². The molecule has 0 aromatic rings. The van der Waals surface area contributed by atoms with Crippen LogP contribution in [0.5, 0.6) is 0 Å². The van der Waals surface area contributed by atoms with Crippen LogP contribution in [0.3, 0.4) is 0 Å². The number of rotatable bonds is 16. The third kappa shape index (κ3) is 11.2. The molecule has 0 spiro atoms. The van der Waals surface area contributed by atoms with Crippen molar-refractivity contribution in [1.29, 1.82) is 0 Å². The molecule has 6 nitrogen and oxygen atoms in total. The Kier molecular flexibility index (Phi) is 14.9. The maximum Gasteiger partial charge on any atom is 0.501 e. The molecule has 0 heterocycles. The Balaban J connectivity index is 3.76. The highest BCUT2D eigenvalue weighted by molar-refractivity contribution is 6.60. The zero-order valence-corrected chi connectivity index (χ0v) is 15.0. The summed E-state index contributed by atoms with van der Waals surface area (Å²) < 4.78 is 33.1. The van der Waals surface area contributed by atoms with Crippen molar-refractivity contribution in [2.75, 3.05) is 60.0 Å². The van der Waals surface area contributed by atoms with Crippen molar-refractivity contribution in [3.63, 3.8) is 0 Å². The van der Waals surface area contributed by atoms with E-state index >= 15 is 0 Å². The van der Waals surface area contributed by atoms with Gasteiger partial charge in [0.1, 0.15) is 0 Å². The summed E-state index contributed by atoms with van der Waals surface area (Å²) in [6, 6.07) is 0.785. The standard InChI is InChI=1S/C14H32O6Si/c1-5-18-21(19-6-2,20-7-3)14-8-9-16-12-13-17-11-10-15-4/h5-14H2,1-4H3. The Morgan fingerprint density at radius 2 is 1.14 bits per heavy atom. The summed E-state index contributed by atoms with van der Waals surface area (Å²) in [5.41, 5.74) is 0. The molecule has 0 fully saturated rings. The molecular weight excluding hydrogens is 292 g/mol. The van der Waals surface area contributed by atoms with E-state index in [-0.39, 0.29) is 0 Å². The minimum absolute atomic E-state index is 0.592. The second-order valence-corrected chi connectivity index (χ2v) is 7.04. The summed E-state index contributed by atoms with van der Waals surface area (Å²) in [6.45, 7) is 10.8. The Morgan fingerprint density at radius 3 is 1.62 bits per heavy atom. The predicted octanol–water partition coefficient (Wildman–Crippen LogP) is 2.10. The quantitative estimate of drug-likeness (QED) is 0.320. The molecule has 0 radical (unpaired) electrons. The Labute approximate surface area is 130 Å². The zero-order valence-electron chi connectivity index (χ0n) is 14.0. The highest BCUT2D eigenvalue weighted by atomic mass is 28.4. The summed E-state index contributed by atoms with van der Waals surface area (Å²) in [4.78, 5) is 0. The van der Waals surface area contributed by atoms with Gasteiger partial charge in [0.25, 0.3) is 0 Å². The summed E-state index contributed by atoms with van der Waals surface area (Å²) in [7, 11) is -0.852. The maximum atomic E-state index is 5.78. The second kappa shape index (κ2) is 14.9. The molecule has 0 aliphatic heterocycles. The normalized spacial score (nSPS) is 12.0. The van der Waals surface area contributed by atoms with E-state index in [1.54, 1.807) is 7.11 Å². The van der Waals surface area contributed by atoms with Crippen LogP contribution in [0, 0.1) is 0 Å². The smallest absolute Gasteiger partial charge is 0.382 e. The molecule has 0 aromatic heterocycles. The first-order valence-corrected chi connectivity index (χ1v) is 9.74. The fourth-order valence-corrected chi connectivity index (χ4v) is 4.44. The number of hydrogen-bond acceptors (Lipinski definition) is 6. The maximum absolute atomic E-state index is 5.78. The van der Waals surface area contributed by atoms with E-state index in [0.29, 0.717) is 52.9 Å². The van der Waals surface area contributed by atoms with Gasteiger partial charge in [-0.15, -0.1) is 0 Å². The summed E-state index contributed by atoms with van der Waals surface area (Å²) >= 11 is 0. The molecule has 128 valence electrons. The van der Waals surface area contributed by atoms with Crippen LogP contribution >= 0.6 is 0 Å². The van der Waals surface area contributed by atoms with Crippen LogP contribution in [0.25, 0.3) is 0 Å². The van der Waals surface area contributed by atoms with Crippen molar-refractivity contribution in [2.45, 2.75) is 33.2 Å².